The summed E-state index contributed by atoms with van der Waals surface area (Å²) in [6, 6.07) is 20.0. The standard InChI is InChI=1S/C32H51O3PSi2.C27H42O3.C22H38O2Si.C4H8O/c1-31(2,3)37(7,8)34-27-23-26(24-28(25-27)35-38(9,10)32(4,5)6)21-22-36(33,29-17-13-11-14-18-29)30-19-15-12-16-20-30;1-25(2,30)11-5-13-27(14-15-27)24-10-9-23-20(6-4-12-26(23,24)3)8-7-19-16-21(28)18-22(29)17-19;1-20(2,24-25(4,5)6)12-8-14-22(15-16-22)19-11-10-17-18(23)9-7-13-21(17,19)3;1-2-4-5-3-1/h11-21,27-28H,22-25H2,1-10H3;7-8,10,21-23,28-30H,4-6,9,11-18H2,1-3H3;11,17H,7-10,12-16H2,1-6H3;1-4H2/b;19-7?,20-8+;;/t27-,28?;21-,22?,23?,26+;17?,21-;/m110./s1/i;2*1D3,2D3;. The quantitative estimate of drug-likeness (QED) is 0.0635. The SMILES string of the molecule is C1CCOC1.CC(C)(C)[Si](C)(C)OC1CC(=CCP(=O)(c2ccccc2)c2ccccc2)C[C@@H](O[Si](C)(C)C(C)(C)C)C1.[2H]C([2H])([2H])C(CCCC1(C2=CCC3C(=O)CCC[C@]23C)CC1)(O[Si](C)(C)C)C([2H])([2H])[2H].[2H]C([2H])([2H])C(O)(CCCC1(C2=CCC3/C(=C/C=C4CC(O)C[C@H](O)C4)CCC[C@]23C)CC1)C([2H])([2H])[2H]. The van der Waals surface area contributed by atoms with Gasteiger partial charge in [-0.05, 0) is 271 Å². The van der Waals surface area contributed by atoms with Crippen LogP contribution in [-0.4, -0.2) is 101 Å². The molecule has 7 fully saturated rings. The Balaban J connectivity index is 0.000000201. The van der Waals surface area contributed by atoms with Crippen molar-refractivity contribution in [2.45, 2.75) is 341 Å². The van der Waals surface area contributed by atoms with Crippen LogP contribution in [0.4, 0.5) is 0 Å². The van der Waals surface area contributed by atoms with Gasteiger partial charge in [0, 0.05) is 58.8 Å². The van der Waals surface area contributed by atoms with E-state index in [0.717, 1.165) is 126 Å². The van der Waals surface area contributed by atoms with Crippen molar-refractivity contribution in [1.82, 2.24) is 0 Å². The van der Waals surface area contributed by atoms with Crippen LogP contribution in [0, 0.1) is 33.5 Å². The maximum Gasteiger partial charge on any atom is 0.192 e. The average molecular weight is 1430 g/mol. The van der Waals surface area contributed by atoms with Gasteiger partial charge in [-0.15, -0.1) is 0 Å². The van der Waals surface area contributed by atoms with Gasteiger partial charge < -0.3 is 37.9 Å². The summed E-state index contributed by atoms with van der Waals surface area (Å²) in [4.78, 5) is 12.5. The number of rotatable bonds is 21. The zero-order valence-electron chi connectivity index (χ0n) is 75.4. The van der Waals surface area contributed by atoms with E-state index in [1.54, 1.807) is 0 Å². The molecule has 0 aromatic heterocycles. The number of aliphatic hydroxyl groups excluding tert-OH is 2. The second-order valence-electron chi connectivity index (χ2n) is 35.9. The van der Waals surface area contributed by atoms with E-state index in [9.17, 15) is 24.7 Å². The number of ether oxygens (including phenoxy) is 1. The third kappa shape index (κ3) is 21.3. The van der Waals surface area contributed by atoms with Crippen LogP contribution in [0.25, 0.3) is 0 Å². The molecule has 2 aromatic carbocycles. The highest BCUT2D eigenvalue weighted by molar-refractivity contribution is 7.78. The van der Waals surface area contributed by atoms with Crippen molar-refractivity contribution in [2.75, 3.05) is 19.4 Å². The molecule has 13 heteroatoms. The molecule has 1 heterocycles. The van der Waals surface area contributed by atoms with Crippen molar-refractivity contribution in [3.8, 4) is 0 Å². The Morgan fingerprint density at radius 2 is 1.09 bits per heavy atom. The second kappa shape index (κ2) is 32.4. The molecule has 0 bridgehead atoms. The maximum atomic E-state index is 14.6. The lowest BCUT2D eigenvalue weighted by molar-refractivity contribution is -0.128. The van der Waals surface area contributed by atoms with Crippen molar-refractivity contribution in [3.63, 3.8) is 0 Å². The predicted octanol–water partition coefficient (Wildman–Crippen LogP) is 21.6. The number of allylic oxidation sites excluding steroid dienone is 8. The maximum absolute atomic E-state index is 14.6. The predicted molar refractivity (Wildman–Crippen MR) is 420 cm³/mol. The van der Waals surface area contributed by atoms with Crippen LogP contribution < -0.4 is 10.6 Å². The molecule has 9 aliphatic rings. The topological polar surface area (TPSA) is 132 Å². The van der Waals surface area contributed by atoms with Gasteiger partial charge in [0.25, 0.3) is 0 Å². The number of aliphatic hydroxyl groups is 3. The van der Waals surface area contributed by atoms with Crippen LogP contribution in [0.5, 0.6) is 0 Å². The van der Waals surface area contributed by atoms with Gasteiger partial charge in [-0.1, -0.05) is 174 Å². The third-order valence-electron chi connectivity index (χ3n) is 24.6. The number of benzene rings is 2. The van der Waals surface area contributed by atoms with E-state index in [4.69, 9.17) is 34.5 Å². The highest BCUT2D eigenvalue weighted by Crippen LogP contribution is 2.69. The number of hydrogen-bond acceptors (Lipinski definition) is 9. The van der Waals surface area contributed by atoms with Crippen LogP contribution in [0.1, 0.15) is 266 Å². The Hall–Kier alpha value is -2.59. The fourth-order valence-electron chi connectivity index (χ4n) is 17.2. The normalized spacial score (nSPS) is 31.6. The molecule has 8 atom stereocenters. The molecule has 1 saturated heterocycles. The lowest BCUT2D eigenvalue weighted by atomic mass is 9.61. The van der Waals surface area contributed by atoms with E-state index in [1.807, 2.05) is 80.3 Å². The Morgan fingerprint density at radius 1 is 0.612 bits per heavy atom. The van der Waals surface area contributed by atoms with E-state index in [0.29, 0.717) is 62.8 Å². The second-order valence-corrected chi connectivity index (χ2v) is 52.7. The Kier molecular flexibility index (Phi) is 21.5. The molecule has 2 aromatic rings. The van der Waals surface area contributed by atoms with Crippen LogP contribution in [0.3, 0.4) is 0 Å². The van der Waals surface area contributed by atoms with Gasteiger partial charge in [-0.3, -0.25) is 4.79 Å². The molecular weight excluding hydrogens is 1280 g/mol. The number of ketones is 1. The minimum absolute atomic E-state index is 0.00161. The van der Waals surface area contributed by atoms with Gasteiger partial charge in [-0.2, -0.15) is 0 Å². The highest BCUT2D eigenvalue weighted by Gasteiger charge is 2.59. The largest absolute Gasteiger partial charge is 0.414 e. The molecule has 1 aliphatic heterocycles. The minimum Gasteiger partial charge on any atom is -0.414 e. The van der Waals surface area contributed by atoms with E-state index >= 15 is 0 Å². The van der Waals surface area contributed by atoms with Crippen molar-refractivity contribution < 1.29 is 59.1 Å². The van der Waals surface area contributed by atoms with Crippen molar-refractivity contribution in [1.29, 1.82) is 0 Å². The van der Waals surface area contributed by atoms with Crippen molar-refractivity contribution in [2.24, 2.45) is 33.5 Å². The summed E-state index contributed by atoms with van der Waals surface area (Å²) in [7, 11) is -9.11. The van der Waals surface area contributed by atoms with Crippen LogP contribution >= 0.6 is 7.14 Å². The number of carbonyl (C=O) groups excluding carboxylic acids is 1. The molecule has 6 saturated carbocycles. The summed E-state index contributed by atoms with van der Waals surface area (Å²) >= 11 is 0. The Morgan fingerprint density at radius 3 is 1.54 bits per heavy atom. The van der Waals surface area contributed by atoms with Gasteiger partial charge in [0.05, 0.1) is 35.6 Å². The summed E-state index contributed by atoms with van der Waals surface area (Å²) in [5.41, 5.74) is 1.84. The lowest BCUT2D eigenvalue weighted by Gasteiger charge is -2.45. The molecular formula is C85H139O9PSi3. The summed E-state index contributed by atoms with van der Waals surface area (Å²) in [5.74, 6) is 0.881. The molecule has 98 heavy (non-hydrogen) atoms. The number of fused-ring (bicyclic) bond motifs is 2. The third-order valence-corrected chi connectivity index (χ3v) is 37.6. The van der Waals surface area contributed by atoms with Crippen molar-refractivity contribution >= 4 is 48.5 Å². The monoisotopic (exact) mass is 1430 g/mol. The number of carbonyl (C=O) groups is 1. The Bertz CT molecular complexity index is 3500. The van der Waals surface area contributed by atoms with Crippen LogP contribution in [0.2, 0.25) is 55.9 Å². The number of hydrogen-bond donors (Lipinski definition) is 3. The van der Waals surface area contributed by atoms with E-state index in [1.165, 1.54) is 35.1 Å². The zero-order chi connectivity index (χ0) is 82.0. The first-order valence-corrected chi connectivity index (χ1v) is 49.1. The van der Waals surface area contributed by atoms with Gasteiger partial charge in [0.1, 0.15) is 12.9 Å². The fourth-order valence-corrected chi connectivity index (χ4v) is 23.6. The minimum atomic E-state index is -2.96. The lowest BCUT2D eigenvalue weighted by Crippen LogP contribution is -2.48. The zero-order valence-corrected chi connectivity index (χ0v) is 67.3. The first kappa shape index (κ1) is 65.0. The fraction of sp³-hybridized carbons (Fsp3) is 0.729. The summed E-state index contributed by atoms with van der Waals surface area (Å²) in [6.07, 6.45) is 32.0. The molecule has 4 unspecified atom stereocenters. The number of Topliss-reactive ketones (excluding diaryl/α,β-unsaturated/α-hetero) is 1. The van der Waals surface area contributed by atoms with Gasteiger partial charge in [0.15, 0.2) is 25.0 Å². The van der Waals surface area contributed by atoms with Crippen LogP contribution in [-0.2, 0) is 27.4 Å². The molecule has 0 amide bonds. The average Bonchev–Trinajstić information content (AvgIpc) is 1.54. The smallest absolute Gasteiger partial charge is 0.192 e. The Labute approximate surface area is 617 Å². The highest BCUT2D eigenvalue weighted by atomic mass is 31.2. The van der Waals surface area contributed by atoms with Gasteiger partial charge in [0.2, 0.25) is 0 Å². The molecule has 0 spiro atoms. The molecule has 8 aliphatic carbocycles. The van der Waals surface area contributed by atoms with Crippen LogP contribution in [0.15, 0.2) is 119 Å². The first-order valence-electron chi connectivity index (χ1n) is 44.0. The van der Waals surface area contributed by atoms with Gasteiger partial charge >= 0.3 is 0 Å². The summed E-state index contributed by atoms with van der Waals surface area (Å²) < 4.78 is 134. The molecule has 11 rings (SSSR count). The molecule has 3 N–H and O–H groups in total. The first-order chi connectivity index (χ1) is 50.5. The van der Waals surface area contributed by atoms with E-state index in [2.05, 4.69) is 112 Å². The molecule has 9 nitrogen and oxygen atoms in total. The van der Waals surface area contributed by atoms with E-state index in [-0.39, 0.29) is 62.7 Å². The van der Waals surface area contributed by atoms with E-state index < -0.39 is 82.9 Å². The summed E-state index contributed by atoms with van der Waals surface area (Å²) in [6.45, 7) is 23.9. The van der Waals surface area contributed by atoms with Gasteiger partial charge in [-0.25, -0.2) is 0 Å². The molecule has 550 valence electrons. The summed E-state index contributed by atoms with van der Waals surface area (Å²) in [5, 5.41) is 32.8. The van der Waals surface area contributed by atoms with Crippen molar-refractivity contribution in [3.05, 3.63) is 119 Å². The molecule has 0 radical (unpaired) electrons.